The van der Waals surface area contributed by atoms with Crippen molar-refractivity contribution in [1.82, 2.24) is 5.32 Å². The monoisotopic (exact) mass is 413 g/mol. The highest BCUT2D eigenvalue weighted by molar-refractivity contribution is 9.10. The summed E-state index contributed by atoms with van der Waals surface area (Å²) < 4.78 is 19.5. The van der Waals surface area contributed by atoms with E-state index in [2.05, 4.69) is 21.2 Å². The van der Waals surface area contributed by atoms with Gasteiger partial charge in [0.05, 0.1) is 0 Å². The Morgan fingerprint density at radius 3 is 2.15 bits per heavy atom. The van der Waals surface area contributed by atoms with Gasteiger partial charge in [0.2, 0.25) is 0 Å². The molecule has 1 amide bonds. The lowest BCUT2D eigenvalue weighted by Gasteiger charge is -2.09. The van der Waals surface area contributed by atoms with Crippen LogP contribution in [0.5, 0.6) is 5.75 Å². The highest BCUT2D eigenvalue weighted by Crippen LogP contribution is 2.15. The van der Waals surface area contributed by atoms with Crippen molar-refractivity contribution < 1.29 is 13.9 Å². The van der Waals surface area contributed by atoms with Crippen LogP contribution in [-0.4, -0.2) is 5.91 Å². The predicted molar refractivity (Wildman–Crippen MR) is 102 cm³/mol. The third-order valence-electron chi connectivity index (χ3n) is 3.80. The molecule has 3 nitrogen and oxygen atoms in total. The lowest BCUT2D eigenvalue weighted by Crippen LogP contribution is -2.22. The Morgan fingerprint density at radius 2 is 1.50 bits per heavy atom. The van der Waals surface area contributed by atoms with Crippen LogP contribution in [-0.2, 0) is 13.2 Å². The number of halogens is 2. The molecule has 0 aliphatic carbocycles. The summed E-state index contributed by atoms with van der Waals surface area (Å²) in [6.07, 6.45) is 0. The van der Waals surface area contributed by atoms with Gasteiger partial charge in [-0.3, -0.25) is 4.79 Å². The summed E-state index contributed by atoms with van der Waals surface area (Å²) in [5.41, 5.74) is 2.49. The molecule has 0 fully saturated rings. The summed E-state index contributed by atoms with van der Waals surface area (Å²) in [7, 11) is 0. The molecular weight excluding hydrogens is 397 g/mol. The fraction of sp³-hybridized carbons (Fsp3) is 0.0952. The molecule has 3 aromatic rings. The highest BCUT2D eigenvalue weighted by atomic mass is 79.9. The van der Waals surface area contributed by atoms with E-state index >= 15 is 0 Å². The first kappa shape index (κ1) is 18.1. The summed E-state index contributed by atoms with van der Waals surface area (Å²) in [5.74, 6) is 0.342. The first-order valence-electron chi connectivity index (χ1n) is 8.10. The Labute approximate surface area is 159 Å². The first-order chi connectivity index (χ1) is 12.6. The summed E-state index contributed by atoms with van der Waals surface area (Å²) in [5, 5.41) is 2.89. The maximum atomic E-state index is 12.9. The molecule has 0 aliphatic rings. The second-order valence-electron chi connectivity index (χ2n) is 5.75. The maximum absolute atomic E-state index is 12.9. The van der Waals surface area contributed by atoms with Gasteiger partial charge in [0.25, 0.3) is 5.91 Å². The quantitative estimate of drug-likeness (QED) is 0.610. The van der Waals surface area contributed by atoms with Crippen LogP contribution in [0.15, 0.2) is 77.3 Å². The highest BCUT2D eigenvalue weighted by Gasteiger charge is 2.05. The number of rotatable bonds is 6. The summed E-state index contributed by atoms with van der Waals surface area (Å²) in [6, 6.07) is 20.9. The fourth-order valence-corrected chi connectivity index (χ4v) is 2.60. The third-order valence-corrected chi connectivity index (χ3v) is 4.33. The molecule has 5 heteroatoms. The van der Waals surface area contributed by atoms with Gasteiger partial charge in [0.15, 0.2) is 0 Å². The molecule has 0 atom stereocenters. The molecule has 132 valence electrons. The number of amides is 1. The molecule has 0 spiro atoms. The van der Waals surface area contributed by atoms with Gasteiger partial charge in [-0.05, 0) is 59.7 Å². The van der Waals surface area contributed by atoms with E-state index in [1.807, 2.05) is 36.4 Å². The number of carbonyl (C=O) groups excluding carboxylic acids is 1. The van der Waals surface area contributed by atoms with Crippen molar-refractivity contribution in [3.05, 3.63) is 99.8 Å². The van der Waals surface area contributed by atoms with E-state index in [0.717, 1.165) is 21.3 Å². The van der Waals surface area contributed by atoms with E-state index in [1.165, 1.54) is 12.1 Å². The molecule has 0 unspecified atom stereocenters. The van der Waals surface area contributed by atoms with E-state index in [4.69, 9.17) is 4.74 Å². The standard InChI is InChI=1S/C21H17BrFNO2/c22-18-7-5-17(6-8-18)21(25)24-13-15-3-11-20(12-4-15)26-14-16-1-9-19(23)10-2-16/h1-12H,13-14H2,(H,24,25). The second-order valence-corrected chi connectivity index (χ2v) is 6.66. The Hall–Kier alpha value is -2.66. The average Bonchev–Trinajstić information content (AvgIpc) is 2.67. The minimum Gasteiger partial charge on any atom is -0.489 e. The van der Waals surface area contributed by atoms with Gasteiger partial charge < -0.3 is 10.1 Å². The smallest absolute Gasteiger partial charge is 0.251 e. The molecule has 3 aromatic carbocycles. The molecule has 3 rings (SSSR count). The lowest BCUT2D eigenvalue weighted by molar-refractivity contribution is 0.0951. The molecule has 0 heterocycles. The van der Waals surface area contributed by atoms with E-state index in [9.17, 15) is 9.18 Å². The van der Waals surface area contributed by atoms with Gasteiger partial charge >= 0.3 is 0 Å². The zero-order valence-corrected chi connectivity index (χ0v) is 15.5. The zero-order chi connectivity index (χ0) is 18.4. The molecule has 0 aromatic heterocycles. The molecule has 0 saturated carbocycles. The predicted octanol–water partition coefficient (Wildman–Crippen LogP) is 5.10. The number of hydrogen-bond acceptors (Lipinski definition) is 2. The van der Waals surface area contributed by atoms with Crippen LogP contribution in [0.25, 0.3) is 0 Å². The van der Waals surface area contributed by atoms with Crippen molar-refractivity contribution >= 4 is 21.8 Å². The SMILES string of the molecule is O=C(NCc1ccc(OCc2ccc(F)cc2)cc1)c1ccc(Br)cc1. The van der Waals surface area contributed by atoms with Crippen LogP contribution in [0.3, 0.4) is 0 Å². The Balaban J connectivity index is 1.50. The van der Waals surface area contributed by atoms with Crippen LogP contribution < -0.4 is 10.1 Å². The Kier molecular flexibility index (Phi) is 6.02. The van der Waals surface area contributed by atoms with Crippen LogP contribution >= 0.6 is 15.9 Å². The summed E-state index contributed by atoms with van der Waals surface area (Å²) in [4.78, 5) is 12.1. The topological polar surface area (TPSA) is 38.3 Å². The molecule has 26 heavy (non-hydrogen) atoms. The molecule has 0 bridgehead atoms. The maximum Gasteiger partial charge on any atom is 0.251 e. The van der Waals surface area contributed by atoms with Crippen molar-refractivity contribution in [2.24, 2.45) is 0 Å². The molecule has 0 radical (unpaired) electrons. The van der Waals surface area contributed by atoms with Gasteiger partial charge in [0.1, 0.15) is 18.2 Å². The number of nitrogens with one attached hydrogen (secondary N) is 1. The first-order valence-corrected chi connectivity index (χ1v) is 8.89. The largest absolute Gasteiger partial charge is 0.489 e. The zero-order valence-electron chi connectivity index (χ0n) is 13.9. The summed E-state index contributed by atoms with van der Waals surface area (Å²) >= 11 is 3.35. The number of hydrogen-bond donors (Lipinski definition) is 1. The lowest BCUT2D eigenvalue weighted by atomic mass is 10.2. The van der Waals surface area contributed by atoms with Crippen molar-refractivity contribution in [2.45, 2.75) is 13.2 Å². The van der Waals surface area contributed by atoms with Crippen molar-refractivity contribution in [3.63, 3.8) is 0 Å². The van der Waals surface area contributed by atoms with Gasteiger partial charge in [0, 0.05) is 16.6 Å². The third kappa shape index (κ3) is 5.17. The number of carbonyl (C=O) groups is 1. The van der Waals surface area contributed by atoms with E-state index < -0.39 is 0 Å². The van der Waals surface area contributed by atoms with Crippen LogP contribution in [0.2, 0.25) is 0 Å². The molecule has 1 N–H and O–H groups in total. The normalized spacial score (nSPS) is 10.4. The van der Waals surface area contributed by atoms with Gasteiger partial charge in [-0.2, -0.15) is 0 Å². The molecular formula is C21H17BrFNO2. The van der Waals surface area contributed by atoms with Crippen molar-refractivity contribution in [1.29, 1.82) is 0 Å². The Bertz CT molecular complexity index is 862. The summed E-state index contributed by atoms with van der Waals surface area (Å²) in [6.45, 7) is 0.813. The van der Waals surface area contributed by atoms with Gasteiger partial charge in [-0.15, -0.1) is 0 Å². The van der Waals surface area contributed by atoms with Crippen LogP contribution in [0.4, 0.5) is 4.39 Å². The van der Waals surface area contributed by atoms with Crippen molar-refractivity contribution in [3.8, 4) is 5.75 Å². The minimum absolute atomic E-state index is 0.117. The van der Waals surface area contributed by atoms with Crippen molar-refractivity contribution in [2.75, 3.05) is 0 Å². The Morgan fingerprint density at radius 1 is 0.885 bits per heavy atom. The van der Waals surface area contributed by atoms with E-state index in [1.54, 1.807) is 24.3 Å². The number of benzene rings is 3. The van der Waals surface area contributed by atoms with Gasteiger partial charge in [-0.25, -0.2) is 4.39 Å². The van der Waals surface area contributed by atoms with Crippen LogP contribution in [0, 0.1) is 5.82 Å². The minimum atomic E-state index is -0.261. The van der Waals surface area contributed by atoms with E-state index in [0.29, 0.717) is 18.7 Å². The molecule has 0 saturated heterocycles. The van der Waals surface area contributed by atoms with Crippen LogP contribution in [0.1, 0.15) is 21.5 Å². The van der Waals surface area contributed by atoms with E-state index in [-0.39, 0.29) is 11.7 Å². The average molecular weight is 414 g/mol. The number of ether oxygens (including phenoxy) is 1. The van der Waals surface area contributed by atoms with Gasteiger partial charge in [-0.1, -0.05) is 40.2 Å². The second kappa shape index (κ2) is 8.63. The fourth-order valence-electron chi connectivity index (χ4n) is 2.34. The molecule has 0 aliphatic heterocycles.